The molecule has 0 unspecified atom stereocenters. The third-order valence-corrected chi connectivity index (χ3v) is 5.63. The summed E-state index contributed by atoms with van der Waals surface area (Å²) in [6, 6.07) is 9.49. The number of anilines is 1. The van der Waals surface area contributed by atoms with E-state index in [0.717, 1.165) is 17.0 Å². The number of thioether (sulfide) groups is 1. The summed E-state index contributed by atoms with van der Waals surface area (Å²) in [6.07, 6.45) is -4.60. The molecule has 2 aromatic carbocycles. The van der Waals surface area contributed by atoms with Crippen LogP contribution in [0.5, 0.6) is 0 Å². The zero-order valence-electron chi connectivity index (χ0n) is 15.4. The summed E-state index contributed by atoms with van der Waals surface area (Å²) in [4.78, 5) is 26.4. The first-order valence-electron chi connectivity index (χ1n) is 8.31. The fourth-order valence-electron chi connectivity index (χ4n) is 2.44. The van der Waals surface area contributed by atoms with Crippen LogP contribution in [0.4, 0.5) is 18.9 Å². The van der Waals surface area contributed by atoms with Crippen molar-refractivity contribution < 1.29 is 22.8 Å². The van der Waals surface area contributed by atoms with Gasteiger partial charge >= 0.3 is 6.18 Å². The first-order chi connectivity index (χ1) is 13.5. The summed E-state index contributed by atoms with van der Waals surface area (Å²) in [5, 5.41) is 2.52. The minimum absolute atomic E-state index is 0.362. The molecule has 0 aliphatic carbocycles. The van der Waals surface area contributed by atoms with Crippen molar-refractivity contribution in [3.63, 3.8) is 0 Å². The highest BCUT2D eigenvalue weighted by atomic mass is 35.5. The quantitative estimate of drug-likeness (QED) is 0.566. The first-order valence-corrected chi connectivity index (χ1v) is 9.95. The van der Waals surface area contributed by atoms with Crippen molar-refractivity contribution in [1.29, 1.82) is 0 Å². The molecule has 0 bridgehead atoms. The lowest BCUT2D eigenvalue weighted by atomic mass is 10.1. The molecule has 0 radical (unpaired) electrons. The second-order valence-electron chi connectivity index (χ2n) is 6.12. The number of rotatable bonds is 6. The molecule has 0 saturated carbocycles. The van der Waals surface area contributed by atoms with Crippen LogP contribution >= 0.6 is 35.0 Å². The van der Waals surface area contributed by atoms with Crippen LogP contribution in [0.2, 0.25) is 10.0 Å². The highest BCUT2D eigenvalue weighted by molar-refractivity contribution is 8.00. The van der Waals surface area contributed by atoms with Crippen LogP contribution in [-0.2, 0) is 15.8 Å². The number of halogens is 5. The van der Waals surface area contributed by atoms with Crippen LogP contribution in [-0.4, -0.2) is 35.6 Å². The Labute approximate surface area is 180 Å². The predicted molar refractivity (Wildman–Crippen MR) is 109 cm³/mol. The number of amides is 2. The van der Waals surface area contributed by atoms with Crippen molar-refractivity contribution in [2.45, 2.75) is 23.2 Å². The number of para-hydroxylation sites is 1. The first kappa shape index (κ1) is 23.4. The highest BCUT2D eigenvalue weighted by Crippen LogP contribution is 2.35. The van der Waals surface area contributed by atoms with Crippen molar-refractivity contribution in [1.82, 2.24) is 4.90 Å². The van der Waals surface area contributed by atoms with Gasteiger partial charge in [-0.25, -0.2) is 0 Å². The molecule has 0 spiro atoms. The van der Waals surface area contributed by atoms with Crippen molar-refractivity contribution >= 4 is 52.5 Å². The number of hydrogen-bond donors (Lipinski definition) is 1. The standard InChI is InChI=1S/C19H17Cl2F3N2O2S/c1-11(29-16-9-12(20)7-8-14(16)21)18(28)26(2)10-17(27)25-15-6-4-3-5-13(15)19(22,23)24/h3-9,11H,10H2,1-2H3,(H,25,27)/t11-/m1/s1. The van der Waals surface area contributed by atoms with Crippen LogP contribution < -0.4 is 5.32 Å². The summed E-state index contributed by atoms with van der Waals surface area (Å²) >= 11 is 13.2. The van der Waals surface area contributed by atoms with Crippen molar-refractivity contribution in [3.8, 4) is 0 Å². The van der Waals surface area contributed by atoms with Gasteiger partial charge in [-0.1, -0.05) is 35.3 Å². The molecule has 10 heteroatoms. The molecule has 29 heavy (non-hydrogen) atoms. The Bertz CT molecular complexity index is 909. The molecule has 156 valence electrons. The summed E-state index contributed by atoms with van der Waals surface area (Å²) in [5.41, 5.74) is -1.32. The normalized spacial score (nSPS) is 12.4. The van der Waals surface area contributed by atoms with E-state index in [1.165, 1.54) is 30.9 Å². The van der Waals surface area contributed by atoms with Crippen LogP contribution in [0.1, 0.15) is 12.5 Å². The molecule has 1 atom stereocenters. The Morgan fingerprint density at radius 3 is 2.48 bits per heavy atom. The monoisotopic (exact) mass is 464 g/mol. The SMILES string of the molecule is C[C@@H](Sc1cc(Cl)ccc1Cl)C(=O)N(C)CC(=O)Nc1ccccc1C(F)(F)F. The van der Waals surface area contributed by atoms with Gasteiger partial charge in [0.2, 0.25) is 11.8 Å². The van der Waals surface area contributed by atoms with Gasteiger partial charge in [-0.05, 0) is 37.3 Å². The number of nitrogens with zero attached hydrogens (tertiary/aromatic N) is 1. The number of carbonyl (C=O) groups excluding carboxylic acids is 2. The molecule has 0 saturated heterocycles. The Balaban J connectivity index is 2.00. The second kappa shape index (κ2) is 9.73. The van der Waals surface area contributed by atoms with Gasteiger partial charge in [-0.15, -0.1) is 11.8 Å². The molecule has 0 aliphatic rings. The molecule has 1 N–H and O–H groups in total. The average Bonchev–Trinajstić information content (AvgIpc) is 2.63. The fourth-order valence-corrected chi connectivity index (χ4v) is 3.97. The van der Waals surface area contributed by atoms with Gasteiger partial charge in [-0.3, -0.25) is 9.59 Å². The molecule has 0 aliphatic heterocycles. The summed E-state index contributed by atoms with van der Waals surface area (Å²) in [7, 11) is 1.40. The van der Waals surface area contributed by atoms with Crippen LogP contribution in [0.3, 0.4) is 0 Å². The highest BCUT2D eigenvalue weighted by Gasteiger charge is 2.33. The molecule has 0 heterocycles. The molecule has 2 rings (SSSR count). The van der Waals surface area contributed by atoms with E-state index in [-0.39, 0.29) is 11.6 Å². The lowest BCUT2D eigenvalue weighted by Crippen LogP contribution is -2.39. The second-order valence-corrected chi connectivity index (χ2v) is 8.35. The van der Waals surface area contributed by atoms with Gasteiger partial charge < -0.3 is 10.2 Å². The summed E-state index contributed by atoms with van der Waals surface area (Å²) in [5.74, 6) is -1.12. The average molecular weight is 465 g/mol. The van der Waals surface area contributed by atoms with Crippen LogP contribution in [0.25, 0.3) is 0 Å². The molecular weight excluding hydrogens is 448 g/mol. The molecule has 2 amide bonds. The van der Waals surface area contributed by atoms with E-state index in [0.29, 0.717) is 14.9 Å². The minimum Gasteiger partial charge on any atom is -0.335 e. The van der Waals surface area contributed by atoms with Gasteiger partial charge in [0.15, 0.2) is 0 Å². The summed E-state index contributed by atoms with van der Waals surface area (Å²) < 4.78 is 39.1. The third kappa shape index (κ3) is 6.55. The minimum atomic E-state index is -4.60. The molecule has 0 aromatic heterocycles. The van der Waals surface area contributed by atoms with Gasteiger partial charge in [0.05, 0.1) is 28.1 Å². The fraction of sp³-hybridized carbons (Fsp3) is 0.263. The van der Waals surface area contributed by atoms with Crippen LogP contribution in [0.15, 0.2) is 47.4 Å². The maximum absolute atomic E-state index is 13.0. The lowest BCUT2D eigenvalue weighted by Gasteiger charge is -2.21. The maximum atomic E-state index is 13.0. The van der Waals surface area contributed by atoms with Gasteiger partial charge in [-0.2, -0.15) is 13.2 Å². The number of carbonyl (C=O) groups is 2. The van der Waals surface area contributed by atoms with Gasteiger partial charge in [0, 0.05) is 17.0 Å². The van der Waals surface area contributed by atoms with Crippen molar-refractivity contribution in [2.24, 2.45) is 0 Å². The van der Waals surface area contributed by atoms with Crippen molar-refractivity contribution in [2.75, 3.05) is 18.9 Å². The van der Waals surface area contributed by atoms with E-state index in [9.17, 15) is 22.8 Å². The Kier molecular flexibility index (Phi) is 7.85. The number of benzene rings is 2. The maximum Gasteiger partial charge on any atom is 0.418 e. The van der Waals surface area contributed by atoms with E-state index < -0.39 is 29.4 Å². The van der Waals surface area contributed by atoms with Gasteiger partial charge in [0.1, 0.15) is 0 Å². The largest absolute Gasteiger partial charge is 0.418 e. The Morgan fingerprint density at radius 2 is 1.83 bits per heavy atom. The van der Waals surface area contributed by atoms with E-state index in [1.807, 2.05) is 0 Å². The topological polar surface area (TPSA) is 49.4 Å². The number of nitrogens with one attached hydrogen (secondary N) is 1. The molecular formula is C19H17Cl2F3N2O2S. The van der Waals surface area contributed by atoms with E-state index in [4.69, 9.17) is 23.2 Å². The number of alkyl halides is 3. The van der Waals surface area contributed by atoms with Crippen molar-refractivity contribution in [3.05, 3.63) is 58.1 Å². The third-order valence-electron chi connectivity index (χ3n) is 3.81. The Hall–Kier alpha value is -1.90. The smallest absolute Gasteiger partial charge is 0.335 e. The zero-order valence-corrected chi connectivity index (χ0v) is 17.7. The molecule has 2 aromatic rings. The van der Waals surface area contributed by atoms with E-state index in [2.05, 4.69) is 5.32 Å². The Morgan fingerprint density at radius 1 is 1.17 bits per heavy atom. The molecule has 4 nitrogen and oxygen atoms in total. The number of hydrogen-bond acceptors (Lipinski definition) is 3. The summed E-state index contributed by atoms with van der Waals surface area (Å²) in [6.45, 7) is 1.23. The van der Waals surface area contributed by atoms with Crippen LogP contribution in [0, 0.1) is 0 Å². The lowest BCUT2D eigenvalue weighted by molar-refractivity contribution is -0.137. The zero-order chi connectivity index (χ0) is 21.8. The van der Waals surface area contributed by atoms with E-state index in [1.54, 1.807) is 25.1 Å². The number of likely N-dealkylation sites (N-methyl/N-ethyl adjacent to an activating group) is 1. The predicted octanol–water partition coefficient (Wildman–Crippen LogP) is 5.59. The van der Waals surface area contributed by atoms with Gasteiger partial charge in [0.25, 0.3) is 0 Å². The van der Waals surface area contributed by atoms with E-state index >= 15 is 0 Å². The molecule has 0 fully saturated rings.